The van der Waals surface area contributed by atoms with Gasteiger partial charge in [0.05, 0.1) is 11.4 Å². The third kappa shape index (κ3) is 5.16. The molecule has 0 spiro atoms. The van der Waals surface area contributed by atoms with Crippen LogP contribution in [0.4, 0.5) is 13.2 Å². The minimum atomic E-state index is -4.75. The van der Waals surface area contributed by atoms with E-state index in [1.807, 2.05) is 6.07 Å². The van der Waals surface area contributed by atoms with Gasteiger partial charge < -0.3 is 4.74 Å². The fourth-order valence-electron chi connectivity index (χ4n) is 2.84. The number of pyridine rings is 2. The Bertz CT molecular complexity index is 959. The van der Waals surface area contributed by atoms with Crippen molar-refractivity contribution < 1.29 is 22.7 Å². The molecule has 0 saturated heterocycles. The first kappa shape index (κ1) is 19.5. The van der Waals surface area contributed by atoms with Crippen LogP contribution in [0, 0.1) is 5.92 Å². The van der Waals surface area contributed by atoms with E-state index in [2.05, 4.69) is 14.7 Å². The summed E-state index contributed by atoms with van der Waals surface area (Å²) in [5, 5.41) is 0. The number of carbonyl (C=O) groups excluding carboxylic acids is 1. The van der Waals surface area contributed by atoms with Crippen molar-refractivity contribution in [2.45, 2.75) is 19.7 Å². The summed E-state index contributed by atoms with van der Waals surface area (Å²) in [7, 11) is 0. The van der Waals surface area contributed by atoms with Crippen molar-refractivity contribution in [3.05, 3.63) is 78.1 Å². The molecule has 3 aromatic rings. The Morgan fingerprint density at radius 1 is 1.00 bits per heavy atom. The topological polar surface area (TPSA) is 52.1 Å². The van der Waals surface area contributed by atoms with Crippen LogP contribution in [-0.4, -0.2) is 22.1 Å². The van der Waals surface area contributed by atoms with Gasteiger partial charge in [-0.25, -0.2) is 0 Å². The number of hydrogen-bond acceptors (Lipinski definition) is 4. The number of Topliss-reactive ketones (excluding diaryl/α,β-unsaturated/α-hetero) is 1. The molecule has 2 heterocycles. The Hall–Kier alpha value is -3.22. The number of ketones is 1. The van der Waals surface area contributed by atoms with Crippen LogP contribution in [0.25, 0.3) is 11.4 Å². The number of ether oxygens (including phenoxy) is 1. The number of nitrogens with zero attached hydrogens (tertiary/aromatic N) is 2. The van der Waals surface area contributed by atoms with Crippen LogP contribution in [0.2, 0.25) is 0 Å². The summed E-state index contributed by atoms with van der Waals surface area (Å²) < 4.78 is 41.1. The predicted octanol–water partition coefficient (Wildman–Crippen LogP) is 5.10. The van der Waals surface area contributed by atoms with Gasteiger partial charge in [-0.05, 0) is 48.4 Å². The average molecular weight is 386 g/mol. The number of aromatic nitrogens is 2. The van der Waals surface area contributed by atoms with Gasteiger partial charge in [0, 0.05) is 23.9 Å². The molecule has 0 bridgehead atoms. The second kappa shape index (κ2) is 8.21. The molecule has 1 atom stereocenters. The Morgan fingerprint density at radius 2 is 1.79 bits per heavy atom. The lowest BCUT2D eigenvalue weighted by molar-refractivity contribution is -0.274. The van der Waals surface area contributed by atoms with Gasteiger partial charge in [-0.3, -0.25) is 14.8 Å². The van der Waals surface area contributed by atoms with E-state index in [0.29, 0.717) is 22.5 Å². The third-order valence-electron chi connectivity index (χ3n) is 4.09. The lowest BCUT2D eigenvalue weighted by Crippen LogP contribution is -2.17. The van der Waals surface area contributed by atoms with Gasteiger partial charge in [0.1, 0.15) is 5.75 Å². The van der Waals surface area contributed by atoms with Crippen LogP contribution in [0.3, 0.4) is 0 Å². The molecule has 0 radical (unpaired) electrons. The summed E-state index contributed by atoms with van der Waals surface area (Å²) in [6.07, 6.45) is -1.28. The van der Waals surface area contributed by atoms with Crippen LogP contribution in [0.1, 0.15) is 22.8 Å². The molecule has 0 aliphatic carbocycles. The number of alkyl halides is 3. The predicted molar refractivity (Wildman–Crippen MR) is 97.8 cm³/mol. The lowest BCUT2D eigenvalue weighted by atomic mass is 9.93. The van der Waals surface area contributed by atoms with E-state index in [-0.39, 0.29) is 18.0 Å². The van der Waals surface area contributed by atoms with Crippen molar-refractivity contribution in [3.63, 3.8) is 0 Å². The Morgan fingerprint density at radius 3 is 2.50 bits per heavy atom. The van der Waals surface area contributed by atoms with Crippen LogP contribution in [0.5, 0.6) is 5.75 Å². The maximum absolute atomic E-state index is 12.8. The van der Waals surface area contributed by atoms with Gasteiger partial charge in [-0.1, -0.05) is 25.1 Å². The van der Waals surface area contributed by atoms with Crippen molar-refractivity contribution >= 4 is 5.78 Å². The molecular formula is C21H17F3N2O2. The molecule has 28 heavy (non-hydrogen) atoms. The highest BCUT2D eigenvalue weighted by Crippen LogP contribution is 2.25. The number of hydrogen-bond donors (Lipinski definition) is 0. The maximum Gasteiger partial charge on any atom is 0.573 e. The molecule has 0 saturated carbocycles. The second-order valence-electron chi connectivity index (χ2n) is 6.31. The van der Waals surface area contributed by atoms with Crippen molar-refractivity contribution in [2.24, 2.45) is 5.92 Å². The zero-order valence-electron chi connectivity index (χ0n) is 15.0. The minimum Gasteiger partial charge on any atom is -0.406 e. The third-order valence-corrected chi connectivity index (χ3v) is 4.09. The molecule has 2 aromatic heterocycles. The van der Waals surface area contributed by atoms with Gasteiger partial charge in [0.2, 0.25) is 0 Å². The maximum atomic E-state index is 12.8. The number of halogens is 3. The summed E-state index contributed by atoms with van der Waals surface area (Å²) in [6, 6.07) is 14.4. The van der Waals surface area contributed by atoms with Gasteiger partial charge >= 0.3 is 6.36 Å². The molecule has 0 aliphatic heterocycles. The SMILES string of the molecule is CC(Cc1cccc(OC(F)(F)F)c1)C(=O)c1ccnc(-c2ccccn2)c1. The molecule has 0 N–H and O–H groups in total. The summed E-state index contributed by atoms with van der Waals surface area (Å²) in [6.45, 7) is 1.74. The van der Waals surface area contributed by atoms with Gasteiger partial charge in [-0.15, -0.1) is 13.2 Å². The van der Waals surface area contributed by atoms with Crippen molar-refractivity contribution in [1.82, 2.24) is 9.97 Å². The average Bonchev–Trinajstić information content (AvgIpc) is 2.67. The molecule has 7 heteroatoms. The molecule has 0 aliphatic rings. The van der Waals surface area contributed by atoms with E-state index >= 15 is 0 Å². The quantitative estimate of drug-likeness (QED) is 0.553. The molecule has 144 valence electrons. The molecular weight excluding hydrogens is 369 g/mol. The van der Waals surface area contributed by atoms with E-state index in [1.54, 1.807) is 49.6 Å². The zero-order chi connectivity index (χ0) is 20.1. The molecule has 4 nitrogen and oxygen atoms in total. The Balaban J connectivity index is 1.74. The van der Waals surface area contributed by atoms with E-state index in [0.717, 1.165) is 0 Å². The van der Waals surface area contributed by atoms with Crippen LogP contribution in [0.15, 0.2) is 67.0 Å². The van der Waals surface area contributed by atoms with Crippen LogP contribution < -0.4 is 4.74 Å². The number of carbonyl (C=O) groups is 1. The van der Waals surface area contributed by atoms with Gasteiger partial charge in [0.15, 0.2) is 5.78 Å². The lowest BCUT2D eigenvalue weighted by Gasteiger charge is -2.13. The van der Waals surface area contributed by atoms with E-state index < -0.39 is 12.3 Å². The highest BCUT2D eigenvalue weighted by atomic mass is 19.4. The normalized spacial score (nSPS) is 12.4. The fraction of sp³-hybridized carbons (Fsp3) is 0.190. The fourth-order valence-corrected chi connectivity index (χ4v) is 2.84. The molecule has 1 aromatic carbocycles. The highest BCUT2D eigenvalue weighted by molar-refractivity contribution is 5.98. The first-order valence-electron chi connectivity index (χ1n) is 8.58. The number of benzene rings is 1. The van der Waals surface area contributed by atoms with Gasteiger partial charge in [-0.2, -0.15) is 0 Å². The summed E-state index contributed by atoms with van der Waals surface area (Å²) in [5.41, 5.74) is 2.30. The van der Waals surface area contributed by atoms with Gasteiger partial charge in [0.25, 0.3) is 0 Å². The smallest absolute Gasteiger partial charge is 0.406 e. The van der Waals surface area contributed by atoms with Crippen molar-refractivity contribution in [2.75, 3.05) is 0 Å². The Labute approximate surface area is 160 Å². The highest BCUT2D eigenvalue weighted by Gasteiger charge is 2.31. The van der Waals surface area contributed by atoms with Crippen molar-refractivity contribution in [1.29, 1.82) is 0 Å². The monoisotopic (exact) mass is 386 g/mol. The van der Waals surface area contributed by atoms with E-state index in [1.165, 1.54) is 18.2 Å². The first-order chi connectivity index (χ1) is 13.3. The standard InChI is InChI=1S/C21H17F3N2O2/c1-14(11-15-5-4-6-17(12-15)28-21(22,23)24)20(27)16-8-10-26-19(13-16)18-7-2-3-9-25-18/h2-10,12-14H,11H2,1H3. The van der Waals surface area contributed by atoms with Crippen LogP contribution in [-0.2, 0) is 6.42 Å². The molecule has 0 fully saturated rings. The summed E-state index contributed by atoms with van der Waals surface area (Å²) >= 11 is 0. The second-order valence-corrected chi connectivity index (χ2v) is 6.31. The molecule has 1 unspecified atom stereocenters. The minimum absolute atomic E-state index is 0.123. The van der Waals surface area contributed by atoms with E-state index in [9.17, 15) is 18.0 Å². The number of rotatable bonds is 6. The summed E-state index contributed by atoms with van der Waals surface area (Å²) in [4.78, 5) is 21.3. The molecule has 0 amide bonds. The van der Waals surface area contributed by atoms with E-state index in [4.69, 9.17) is 0 Å². The molecule has 3 rings (SSSR count). The Kier molecular flexibility index (Phi) is 5.73. The largest absolute Gasteiger partial charge is 0.573 e. The zero-order valence-corrected chi connectivity index (χ0v) is 15.0. The summed E-state index contributed by atoms with van der Waals surface area (Å²) in [5.74, 6) is -0.854. The van der Waals surface area contributed by atoms with Crippen LogP contribution >= 0.6 is 0 Å². The van der Waals surface area contributed by atoms with Crippen molar-refractivity contribution in [3.8, 4) is 17.1 Å². The first-order valence-corrected chi connectivity index (χ1v) is 8.58.